The molecule has 0 saturated carbocycles. The van der Waals surface area contributed by atoms with Gasteiger partial charge in [0.1, 0.15) is 17.4 Å². The minimum absolute atomic E-state index is 0.0214. The first-order chi connectivity index (χ1) is 6.09. The van der Waals surface area contributed by atoms with Crippen LogP contribution < -0.4 is 0 Å². The quantitative estimate of drug-likeness (QED) is 0.612. The summed E-state index contributed by atoms with van der Waals surface area (Å²) in [6.07, 6.45) is 5.10. The van der Waals surface area contributed by atoms with E-state index in [1.807, 2.05) is 4.68 Å². The number of rotatable bonds is 0. The lowest BCUT2D eigenvalue weighted by Gasteiger charge is -2.19. The summed E-state index contributed by atoms with van der Waals surface area (Å²) in [7, 11) is 0. The lowest BCUT2D eigenvalue weighted by molar-refractivity contribution is 0.368. The van der Waals surface area contributed by atoms with Gasteiger partial charge in [-0.2, -0.15) is 5.10 Å². The molecule has 0 spiro atoms. The summed E-state index contributed by atoms with van der Waals surface area (Å²) < 4.78 is 1.93. The second kappa shape index (κ2) is 2.52. The van der Waals surface area contributed by atoms with Gasteiger partial charge in [0, 0.05) is 0 Å². The van der Waals surface area contributed by atoms with Crippen molar-refractivity contribution in [3.63, 3.8) is 0 Å². The molecule has 0 radical (unpaired) electrons. The molecule has 4 heteroatoms. The van der Waals surface area contributed by atoms with Crippen molar-refractivity contribution in [2.24, 2.45) is 0 Å². The summed E-state index contributed by atoms with van der Waals surface area (Å²) >= 11 is 0. The maximum Gasteiger partial charge on any atom is 0.116 e. The zero-order valence-electron chi connectivity index (χ0n) is 8.02. The highest BCUT2D eigenvalue weighted by atomic mass is 15.3. The van der Waals surface area contributed by atoms with Gasteiger partial charge in [-0.15, -0.1) is 0 Å². The molecular formula is C9H12N4. The molecule has 0 bridgehead atoms. The molecular weight excluding hydrogens is 164 g/mol. The summed E-state index contributed by atoms with van der Waals surface area (Å²) in [5, 5.41) is 4.28. The maximum atomic E-state index is 4.28. The molecule has 2 aromatic heterocycles. The van der Waals surface area contributed by atoms with Crippen LogP contribution in [-0.4, -0.2) is 19.7 Å². The highest BCUT2D eigenvalue weighted by Crippen LogP contribution is 2.18. The minimum atomic E-state index is -0.0214. The van der Waals surface area contributed by atoms with Gasteiger partial charge >= 0.3 is 0 Å². The molecule has 0 aliphatic heterocycles. The first-order valence-corrected chi connectivity index (χ1v) is 4.23. The largest absolute Gasteiger partial charge is 0.256 e. The summed E-state index contributed by atoms with van der Waals surface area (Å²) in [5.41, 5.74) is 1.85. The normalized spacial score (nSPS) is 12.2. The van der Waals surface area contributed by atoms with Crippen molar-refractivity contribution >= 4 is 11.0 Å². The average Bonchev–Trinajstić information content (AvgIpc) is 2.45. The number of nitrogens with zero attached hydrogens (tertiary/aromatic N) is 4. The van der Waals surface area contributed by atoms with Gasteiger partial charge < -0.3 is 0 Å². The topological polar surface area (TPSA) is 43.6 Å². The van der Waals surface area contributed by atoms with Crippen LogP contribution in [0.5, 0.6) is 0 Å². The molecule has 0 saturated heterocycles. The Morgan fingerprint density at radius 1 is 1.23 bits per heavy atom. The Morgan fingerprint density at radius 3 is 2.69 bits per heavy atom. The van der Waals surface area contributed by atoms with Gasteiger partial charge in [0.2, 0.25) is 0 Å². The van der Waals surface area contributed by atoms with Crippen LogP contribution >= 0.6 is 0 Å². The van der Waals surface area contributed by atoms with Crippen LogP contribution in [0.4, 0.5) is 0 Å². The van der Waals surface area contributed by atoms with E-state index in [1.165, 1.54) is 6.33 Å². The van der Waals surface area contributed by atoms with E-state index in [0.717, 1.165) is 11.0 Å². The van der Waals surface area contributed by atoms with Crippen LogP contribution in [0.1, 0.15) is 20.8 Å². The zero-order valence-corrected chi connectivity index (χ0v) is 8.02. The summed E-state index contributed by atoms with van der Waals surface area (Å²) in [6.45, 7) is 6.31. The highest BCUT2D eigenvalue weighted by molar-refractivity contribution is 5.72. The van der Waals surface area contributed by atoms with E-state index in [0.29, 0.717) is 0 Å². The number of hydrogen-bond acceptors (Lipinski definition) is 3. The fourth-order valence-corrected chi connectivity index (χ4v) is 1.30. The second-order valence-electron chi connectivity index (χ2n) is 4.02. The molecule has 0 unspecified atom stereocenters. The van der Waals surface area contributed by atoms with Gasteiger partial charge in [0.05, 0.1) is 17.9 Å². The van der Waals surface area contributed by atoms with Crippen molar-refractivity contribution in [1.82, 2.24) is 19.7 Å². The van der Waals surface area contributed by atoms with Crippen LogP contribution in [0, 0.1) is 0 Å². The van der Waals surface area contributed by atoms with Crippen molar-refractivity contribution in [3.05, 3.63) is 18.7 Å². The van der Waals surface area contributed by atoms with Crippen LogP contribution in [0.2, 0.25) is 0 Å². The van der Waals surface area contributed by atoms with Crippen molar-refractivity contribution in [1.29, 1.82) is 0 Å². The Bertz CT molecular complexity index is 424. The molecule has 2 aromatic rings. The number of aromatic nitrogens is 4. The van der Waals surface area contributed by atoms with Gasteiger partial charge in [-0.25, -0.2) is 9.97 Å². The van der Waals surface area contributed by atoms with Gasteiger partial charge in [0.15, 0.2) is 0 Å². The Labute approximate surface area is 76.6 Å². The van der Waals surface area contributed by atoms with E-state index in [4.69, 9.17) is 0 Å². The molecule has 0 aromatic carbocycles. The van der Waals surface area contributed by atoms with Crippen LogP contribution in [0.3, 0.4) is 0 Å². The molecule has 13 heavy (non-hydrogen) atoms. The van der Waals surface area contributed by atoms with E-state index >= 15 is 0 Å². The van der Waals surface area contributed by atoms with Gasteiger partial charge in [-0.1, -0.05) is 0 Å². The minimum Gasteiger partial charge on any atom is -0.256 e. The Kier molecular flexibility index (Phi) is 1.58. The maximum absolute atomic E-state index is 4.28. The van der Waals surface area contributed by atoms with Crippen molar-refractivity contribution in [3.8, 4) is 0 Å². The molecule has 0 atom stereocenters. The number of hydrogen-bond donors (Lipinski definition) is 0. The monoisotopic (exact) mass is 176 g/mol. The molecule has 0 amide bonds. The zero-order chi connectivity index (χ0) is 9.47. The molecule has 4 nitrogen and oxygen atoms in total. The van der Waals surface area contributed by atoms with E-state index < -0.39 is 0 Å². The van der Waals surface area contributed by atoms with Gasteiger partial charge in [-0.3, -0.25) is 4.68 Å². The lowest BCUT2D eigenvalue weighted by atomic mass is 10.1. The molecule has 0 aliphatic rings. The molecule has 68 valence electrons. The van der Waals surface area contributed by atoms with Crippen LogP contribution in [0.25, 0.3) is 11.0 Å². The first kappa shape index (κ1) is 8.16. The molecule has 0 N–H and O–H groups in total. The van der Waals surface area contributed by atoms with Crippen molar-refractivity contribution < 1.29 is 0 Å². The van der Waals surface area contributed by atoms with Gasteiger partial charge in [-0.05, 0) is 20.8 Å². The Hall–Kier alpha value is -1.45. The first-order valence-electron chi connectivity index (χ1n) is 4.23. The average molecular weight is 176 g/mol. The predicted molar refractivity (Wildman–Crippen MR) is 50.3 cm³/mol. The summed E-state index contributed by atoms with van der Waals surface area (Å²) in [5.74, 6) is 0. The van der Waals surface area contributed by atoms with Gasteiger partial charge in [0.25, 0.3) is 0 Å². The summed E-state index contributed by atoms with van der Waals surface area (Å²) in [4.78, 5) is 8.11. The highest BCUT2D eigenvalue weighted by Gasteiger charge is 2.16. The Balaban J connectivity index is 2.72. The van der Waals surface area contributed by atoms with Crippen molar-refractivity contribution in [2.75, 3.05) is 0 Å². The predicted octanol–water partition coefficient (Wildman–Crippen LogP) is 1.58. The number of fused-ring (bicyclic) bond motifs is 1. The molecule has 0 aliphatic carbocycles. The molecule has 0 fully saturated rings. The summed E-state index contributed by atoms with van der Waals surface area (Å²) in [6, 6.07) is 0. The molecule has 2 heterocycles. The third kappa shape index (κ3) is 1.28. The molecule has 2 rings (SSSR count). The van der Waals surface area contributed by atoms with Crippen LogP contribution in [0.15, 0.2) is 18.7 Å². The smallest absolute Gasteiger partial charge is 0.116 e. The fraction of sp³-hybridized carbons (Fsp3) is 0.444. The SMILES string of the molecule is CC(C)(C)n1ncc2ncncc21. The Morgan fingerprint density at radius 2 is 2.00 bits per heavy atom. The third-order valence-electron chi connectivity index (χ3n) is 1.88. The van der Waals surface area contributed by atoms with Crippen LogP contribution in [-0.2, 0) is 5.54 Å². The lowest BCUT2D eigenvalue weighted by Crippen LogP contribution is -2.22. The third-order valence-corrected chi connectivity index (χ3v) is 1.88. The second-order valence-corrected chi connectivity index (χ2v) is 4.02. The van der Waals surface area contributed by atoms with E-state index in [-0.39, 0.29) is 5.54 Å². The van der Waals surface area contributed by atoms with E-state index in [1.54, 1.807) is 12.4 Å². The fourth-order valence-electron chi connectivity index (χ4n) is 1.30. The van der Waals surface area contributed by atoms with E-state index in [9.17, 15) is 0 Å². The van der Waals surface area contributed by atoms with E-state index in [2.05, 4.69) is 35.8 Å². The standard InChI is InChI=1S/C9H12N4/c1-9(2,3)13-8-5-10-6-11-7(8)4-12-13/h4-6H,1-3H3. The van der Waals surface area contributed by atoms with Crippen molar-refractivity contribution in [2.45, 2.75) is 26.3 Å².